The molecule has 4 nitrogen and oxygen atoms in total. The Morgan fingerprint density at radius 1 is 1.35 bits per heavy atom. The van der Waals surface area contributed by atoms with Crippen LogP contribution in [0.15, 0.2) is 24.3 Å². The van der Waals surface area contributed by atoms with Gasteiger partial charge in [-0.25, -0.2) is 0 Å². The number of hydrogen-bond donors (Lipinski definition) is 2. The van der Waals surface area contributed by atoms with Crippen LogP contribution in [0.4, 0.5) is 8.78 Å². The van der Waals surface area contributed by atoms with Crippen molar-refractivity contribution >= 4 is 5.91 Å². The van der Waals surface area contributed by atoms with Crippen molar-refractivity contribution in [1.82, 2.24) is 5.32 Å². The summed E-state index contributed by atoms with van der Waals surface area (Å²) in [4.78, 5) is 11.7. The second-order valence-electron chi connectivity index (χ2n) is 4.49. The van der Waals surface area contributed by atoms with Gasteiger partial charge in [-0.3, -0.25) is 4.79 Å². The molecule has 6 heteroatoms. The van der Waals surface area contributed by atoms with Crippen molar-refractivity contribution in [3.8, 4) is 5.75 Å². The molecular weight excluding hydrogens is 266 g/mol. The maximum absolute atomic E-state index is 12.0. The molecule has 0 aliphatic rings. The van der Waals surface area contributed by atoms with Crippen LogP contribution in [0, 0.1) is 0 Å². The highest BCUT2D eigenvalue weighted by atomic mass is 19.3. The standard InChI is InChI=1S/C14H20F2N2O2/c1-2-3-4-12(17)13(19)18-9-10-5-7-11(8-6-10)20-14(15)16/h5-8,12,14H,2-4,9,17H2,1H3,(H,18,19)/t12-/m0/s1. The van der Waals surface area contributed by atoms with Crippen molar-refractivity contribution < 1.29 is 18.3 Å². The summed E-state index contributed by atoms with van der Waals surface area (Å²) in [7, 11) is 0. The second kappa shape index (κ2) is 8.47. The number of hydrogen-bond acceptors (Lipinski definition) is 3. The molecule has 0 saturated carbocycles. The lowest BCUT2D eigenvalue weighted by molar-refractivity contribution is -0.122. The van der Waals surface area contributed by atoms with Crippen LogP contribution >= 0.6 is 0 Å². The van der Waals surface area contributed by atoms with Gasteiger partial charge in [0, 0.05) is 6.54 Å². The molecule has 0 spiro atoms. The number of amides is 1. The Balaban J connectivity index is 2.39. The van der Waals surface area contributed by atoms with Crippen LogP contribution in [0.5, 0.6) is 5.75 Å². The summed E-state index contributed by atoms with van der Waals surface area (Å²) >= 11 is 0. The Kier molecular flexibility index (Phi) is 6.93. The molecule has 0 fully saturated rings. The fourth-order valence-corrected chi connectivity index (χ4v) is 1.66. The Bertz CT molecular complexity index is 410. The quantitative estimate of drug-likeness (QED) is 0.771. The zero-order valence-corrected chi connectivity index (χ0v) is 11.4. The van der Waals surface area contributed by atoms with Gasteiger partial charge >= 0.3 is 6.61 Å². The number of rotatable bonds is 8. The van der Waals surface area contributed by atoms with E-state index in [4.69, 9.17) is 5.73 Å². The second-order valence-corrected chi connectivity index (χ2v) is 4.49. The molecule has 0 unspecified atom stereocenters. The normalized spacial score (nSPS) is 12.2. The van der Waals surface area contributed by atoms with Gasteiger partial charge in [-0.05, 0) is 24.1 Å². The minimum atomic E-state index is -2.84. The fourth-order valence-electron chi connectivity index (χ4n) is 1.66. The number of ether oxygens (including phenoxy) is 1. The molecule has 0 heterocycles. The predicted molar refractivity (Wildman–Crippen MR) is 72.4 cm³/mol. The Labute approximate surface area is 117 Å². The smallest absolute Gasteiger partial charge is 0.387 e. The molecule has 0 aliphatic heterocycles. The average molecular weight is 286 g/mol. The molecule has 0 saturated heterocycles. The maximum atomic E-state index is 12.0. The van der Waals surface area contributed by atoms with Gasteiger partial charge in [-0.1, -0.05) is 31.9 Å². The summed E-state index contributed by atoms with van der Waals surface area (Å²) in [5.74, 6) is -0.110. The van der Waals surface area contributed by atoms with Crippen molar-refractivity contribution in [2.45, 2.75) is 45.4 Å². The first-order chi connectivity index (χ1) is 9.52. The summed E-state index contributed by atoms with van der Waals surface area (Å²) < 4.78 is 28.2. The Morgan fingerprint density at radius 3 is 2.55 bits per heavy atom. The van der Waals surface area contributed by atoms with Gasteiger partial charge in [0.1, 0.15) is 5.75 Å². The van der Waals surface area contributed by atoms with E-state index in [9.17, 15) is 13.6 Å². The number of unbranched alkanes of at least 4 members (excludes halogenated alkanes) is 1. The molecule has 1 atom stereocenters. The summed E-state index contributed by atoms with van der Waals surface area (Å²) in [5, 5.41) is 2.71. The lowest BCUT2D eigenvalue weighted by Gasteiger charge is -2.12. The van der Waals surface area contributed by atoms with Crippen molar-refractivity contribution in [2.75, 3.05) is 0 Å². The number of benzene rings is 1. The lowest BCUT2D eigenvalue weighted by atomic mass is 10.1. The van der Waals surface area contributed by atoms with E-state index in [1.54, 1.807) is 12.1 Å². The van der Waals surface area contributed by atoms with Crippen LogP contribution in [0.2, 0.25) is 0 Å². The highest BCUT2D eigenvalue weighted by Crippen LogP contribution is 2.14. The van der Waals surface area contributed by atoms with Crippen LogP contribution in [0.3, 0.4) is 0 Å². The van der Waals surface area contributed by atoms with Crippen LogP contribution < -0.4 is 15.8 Å². The summed E-state index contributed by atoms with van der Waals surface area (Å²) in [5.41, 5.74) is 6.53. The molecule has 1 aromatic rings. The molecule has 0 radical (unpaired) electrons. The number of carbonyl (C=O) groups excluding carboxylic acids is 1. The van der Waals surface area contributed by atoms with Crippen molar-refractivity contribution in [3.63, 3.8) is 0 Å². The maximum Gasteiger partial charge on any atom is 0.387 e. The number of alkyl halides is 2. The molecule has 3 N–H and O–H groups in total. The monoisotopic (exact) mass is 286 g/mol. The van der Waals surface area contributed by atoms with Crippen LogP contribution in [-0.4, -0.2) is 18.6 Å². The first-order valence-electron chi connectivity index (χ1n) is 6.60. The summed E-state index contributed by atoms with van der Waals surface area (Å²) in [6.45, 7) is -0.488. The van der Waals surface area contributed by atoms with Crippen LogP contribution in [0.25, 0.3) is 0 Å². The highest BCUT2D eigenvalue weighted by Gasteiger charge is 2.12. The van der Waals surface area contributed by atoms with E-state index in [1.807, 2.05) is 6.92 Å². The predicted octanol–water partition coefficient (Wildman–Crippen LogP) is 2.42. The van der Waals surface area contributed by atoms with E-state index in [-0.39, 0.29) is 11.7 Å². The topological polar surface area (TPSA) is 64.4 Å². The molecule has 0 aromatic heterocycles. The molecule has 0 bridgehead atoms. The van der Waals surface area contributed by atoms with Gasteiger partial charge in [0.2, 0.25) is 5.91 Å². The Hall–Kier alpha value is -1.69. The zero-order valence-electron chi connectivity index (χ0n) is 11.4. The highest BCUT2D eigenvalue weighted by molar-refractivity contribution is 5.81. The molecule has 20 heavy (non-hydrogen) atoms. The van der Waals surface area contributed by atoms with Gasteiger partial charge in [-0.15, -0.1) is 0 Å². The third kappa shape index (κ3) is 5.97. The molecule has 112 valence electrons. The van der Waals surface area contributed by atoms with Gasteiger partial charge in [0.05, 0.1) is 6.04 Å². The SMILES string of the molecule is CCCC[C@H](N)C(=O)NCc1ccc(OC(F)F)cc1. The molecule has 1 amide bonds. The van der Waals surface area contributed by atoms with E-state index in [2.05, 4.69) is 10.1 Å². The number of carbonyl (C=O) groups is 1. The first kappa shape index (κ1) is 16.4. The first-order valence-corrected chi connectivity index (χ1v) is 6.60. The van der Waals surface area contributed by atoms with E-state index >= 15 is 0 Å². The van der Waals surface area contributed by atoms with Gasteiger partial charge in [-0.2, -0.15) is 8.78 Å². The zero-order chi connectivity index (χ0) is 15.0. The molecule has 1 aromatic carbocycles. The summed E-state index contributed by atoms with van der Waals surface area (Å²) in [6.07, 6.45) is 2.56. The van der Waals surface area contributed by atoms with E-state index in [0.717, 1.165) is 18.4 Å². The van der Waals surface area contributed by atoms with Crippen LogP contribution in [-0.2, 0) is 11.3 Å². The third-order valence-electron chi connectivity index (χ3n) is 2.82. The van der Waals surface area contributed by atoms with Crippen LogP contribution in [0.1, 0.15) is 31.7 Å². The molecule has 1 rings (SSSR count). The number of nitrogens with one attached hydrogen (secondary N) is 1. The minimum Gasteiger partial charge on any atom is -0.435 e. The number of nitrogens with two attached hydrogens (primary N) is 1. The van der Waals surface area contributed by atoms with E-state index < -0.39 is 12.7 Å². The van der Waals surface area contributed by atoms with Crippen molar-refractivity contribution in [1.29, 1.82) is 0 Å². The van der Waals surface area contributed by atoms with Gasteiger partial charge in [0.25, 0.3) is 0 Å². The lowest BCUT2D eigenvalue weighted by Crippen LogP contribution is -2.40. The molecule has 0 aliphatic carbocycles. The minimum absolute atomic E-state index is 0.0923. The Morgan fingerprint density at radius 2 is 2.00 bits per heavy atom. The van der Waals surface area contributed by atoms with E-state index in [1.165, 1.54) is 12.1 Å². The van der Waals surface area contributed by atoms with Crippen molar-refractivity contribution in [2.24, 2.45) is 5.73 Å². The van der Waals surface area contributed by atoms with Gasteiger partial charge in [0.15, 0.2) is 0 Å². The fraction of sp³-hybridized carbons (Fsp3) is 0.500. The average Bonchev–Trinajstić information content (AvgIpc) is 2.43. The van der Waals surface area contributed by atoms with Gasteiger partial charge < -0.3 is 15.8 Å². The summed E-state index contributed by atoms with van der Waals surface area (Å²) in [6, 6.07) is 5.61. The third-order valence-corrected chi connectivity index (χ3v) is 2.82. The van der Waals surface area contributed by atoms with E-state index in [0.29, 0.717) is 13.0 Å². The van der Waals surface area contributed by atoms with Crippen molar-refractivity contribution in [3.05, 3.63) is 29.8 Å². The number of halogens is 2. The largest absolute Gasteiger partial charge is 0.435 e. The molecular formula is C14H20F2N2O2.